The number of benzene rings is 1. The van der Waals surface area contributed by atoms with E-state index in [4.69, 9.17) is 4.74 Å². The zero-order chi connectivity index (χ0) is 20.3. The fraction of sp³-hybridized carbons (Fsp3) is 0.400. The van der Waals surface area contributed by atoms with Gasteiger partial charge >= 0.3 is 0 Å². The summed E-state index contributed by atoms with van der Waals surface area (Å²) in [5.41, 5.74) is 1.60. The van der Waals surface area contributed by atoms with Gasteiger partial charge in [0.2, 0.25) is 10.0 Å². The predicted molar refractivity (Wildman–Crippen MR) is 108 cm³/mol. The van der Waals surface area contributed by atoms with Crippen molar-refractivity contribution in [1.82, 2.24) is 14.2 Å². The first-order valence-electron chi connectivity index (χ1n) is 9.68. The van der Waals surface area contributed by atoms with E-state index in [0.29, 0.717) is 45.0 Å². The third-order valence-electron chi connectivity index (χ3n) is 5.30. The van der Waals surface area contributed by atoms with Crippen LogP contribution in [0.1, 0.15) is 10.4 Å². The molecule has 4 rings (SSSR count). The van der Waals surface area contributed by atoms with E-state index in [1.807, 2.05) is 17.0 Å². The third kappa shape index (κ3) is 4.26. The van der Waals surface area contributed by atoms with Gasteiger partial charge < -0.3 is 14.5 Å². The minimum Gasteiger partial charge on any atom is -0.379 e. The summed E-state index contributed by atoms with van der Waals surface area (Å²) < 4.78 is 32.1. The molecule has 0 radical (unpaired) electrons. The molecule has 2 aromatic rings. The Kier molecular flexibility index (Phi) is 5.79. The highest BCUT2D eigenvalue weighted by atomic mass is 32.2. The van der Waals surface area contributed by atoms with E-state index in [9.17, 15) is 13.2 Å². The Morgan fingerprint density at radius 1 is 0.862 bits per heavy atom. The number of carbonyl (C=O) groups is 1. The number of nitrogens with zero attached hydrogens (tertiary/aromatic N) is 4. The molecule has 2 aliphatic heterocycles. The second-order valence-corrected chi connectivity index (χ2v) is 8.96. The Morgan fingerprint density at radius 2 is 1.48 bits per heavy atom. The fourth-order valence-electron chi connectivity index (χ4n) is 3.61. The van der Waals surface area contributed by atoms with Crippen LogP contribution in [0.3, 0.4) is 0 Å². The molecule has 3 heterocycles. The van der Waals surface area contributed by atoms with Crippen molar-refractivity contribution in [3.63, 3.8) is 0 Å². The Balaban J connectivity index is 1.40. The Bertz CT molecular complexity index is 936. The van der Waals surface area contributed by atoms with Gasteiger partial charge in [0.05, 0.1) is 18.1 Å². The maximum Gasteiger partial charge on any atom is 0.253 e. The van der Waals surface area contributed by atoms with Crippen molar-refractivity contribution in [1.29, 1.82) is 0 Å². The van der Waals surface area contributed by atoms with Crippen molar-refractivity contribution >= 4 is 21.6 Å². The number of aromatic nitrogens is 1. The molecule has 0 aliphatic carbocycles. The molecule has 2 aliphatic rings. The second-order valence-electron chi connectivity index (χ2n) is 7.03. The Morgan fingerprint density at radius 3 is 2.10 bits per heavy atom. The maximum absolute atomic E-state index is 12.8. The molecule has 2 fully saturated rings. The first-order chi connectivity index (χ1) is 14.1. The number of morpholine rings is 1. The summed E-state index contributed by atoms with van der Waals surface area (Å²) >= 11 is 0. The molecule has 0 N–H and O–H groups in total. The van der Waals surface area contributed by atoms with Crippen LogP contribution in [-0.2, 0) is 14.8 Å². The van der Waals surface area contributed by atoms with E-state index in [0.717, 1.165) is 18.8 Å². The van der Waals surface area contributed by atoms with E-state index in [-0.39, 0.29) is 10.8 Å². The maximum atomic E-state index is 12.8. The molecule has 9 heteroatoms. The van der Waals surface area contributed by atoms with Gasteiger partial charge in [-0.2, -0.15) is 4.31 Å². The van der Waals surface area contributed by atoms with Gasteiger partial charge in [-0.1, -0.05) is 0 Å². The molecule has 154 valence electrons. The van der Waals surface area contributed by atoms with Crippen molar-refractivity contribution in [2.45, 2.75) is 4.90 Å². The van der Waals surface area contributed by atoms with Crippen LogP contribution in [0, 0.1) is 0 Å². The molecule has 1 amide bonds. The van der Waals surface area contributed by atoms with Crippen LogP contribution in [0.5, 0.6) is 0 Å². The highest BCUT2D eigenvalue weighted by molar-refractivity contribution is 7.89. The number of hydrogen-bond acceptors (Lipinski definition) is 6. The Hall–Kier alpha value is -2.49. The first kappa shape index (κ1) is 19.8. The number of sulfonamides is 1. The third-order valence-corrected chi connectivity index (χ3v) is 7.22. The summed E-state index contributed by atoms with van der Waals surface area (Å²) in [4.78, 5) is 21.1. The van der Waals surface area contributed by atoms with Gasteiger partial charge in [-0.3, -0.25) is 9.78 Å². The van der Waals surface area contributed by atoms with Crippen molar-refractivity contribution < 1.29 is 17.9 Å². The number of rotatable bonds is 4. The highest BCUT2D eigenvalue weighted by Crippen LogP contribution is 2.20. The summed E-state index contributed by atoms with van der Waals surface area (Å²) in [6, 6.07) is 10.2. The normalized spacial score (nSPS) is 18.6. The van der Waals surface area contributed by atoms with Gasteiger partial charge in [-0.05, 0) is 36.4 Å². The first-order valence-corrected chi connectivity index (χ1v) is 11.1. The van der Waals surface area contributed by atoms with E-state index >= 15 is 0 Å². The standard InChI is InChI=1S/C20H24N4O4S/c25-20(23-11-9-22(10-12-23)18-5-7-21-8-6-18)17-1-3-19(4-2-17)29(26,27)24-13-15-28-16-14-24/h1-8H,9-16H2. The highest BCUT2D eigenvalue weighted by Gasteiger charge is 2.27. The summed E-state index contributed by atoms with van der Waals surface area (Å²) in [7, 11) is -3.55. The van der Waals surface area contributed by atoms with Crippen LogP contribution in [0.4, 0.5) is 5.69 Å². The molecule has 29 heavy (non-hydrogen) atoms. The minimum atomic E-state index is -3.55. The molecular weight excluding hydrogens is 392 g/mol. The number of pyridine rings is 1. The molecule has 0 unspecified atom stereocenters. The summed E-state index contributed by atoms with van der Waals surface area (Å²) in [5, 5.41) is 0. The zero-order valence-corrected chi connectivity index (χ0v) is 16.9. The van der Waals surface area contributed by atoms with Gasteiger partial charge in [0, 0.05) is 62.9 Å². The van der Waals surface area contributed by atoms with Crippen LogP contribution < -0.4 is 4.90 Å². The van der Waals surface area contributed by atoms with Gasteiger partial charge in [0.15, 0.2) is 0 Å². The molecule has 2 saturated heterocycles. The lowest BCUT2D eigenvalue weighted by Crippen LogP contribution is -2.48. The van der Waals surface area contributed by atoms with Crippen molar-refractivity contribution in [2.24, 2.45) is 0 Å². The molecular formula is C20H24N4O4S. The SMILES string of the molecule is O=C(c1ccc(S(=O)(=O)N2CCOCC2)cc1)N1CCN(c2ccncc2)CC1. The van der Waals surface area contributed by atoms with E-state index in [2.05, 4.69) is 9.88 Å². The average molecular weight is 417 g/mol. The summed E-state index contributed by atoms with van der Waals surface area (Å²) in [6.45, 7) is 4.25. The van der Waals surface area contributed by atoms with Crippen molar-refractivity contribution in [2.75, 3.05) is 57.4 Å². The minimum absolute atomic E-state index is 0.0744. The molecule has 0 atom stereocenters. The van der Waals surface area contributed by atoms with E-state index in [1.54, 1.807) is 24.5 Å². The molecule has 0 bridgehead atoms. The average Bonchev–Trinajstić information content (AvgIpc) is 2.80. The fourth-order valence-corrected chi connectivity index (χ4v) is 5.02. The summed E-state index contributed by atoms with van der Waals surface area (Å²) in [5.74, 6) is -0.0744. The van der Waals surface area contributed by atoms with Crippen LogP contribution in [-0.4, -0.2) is 81.0 Å². The number of carbonyl (C=O) groups excluding carboxylic acids is 1. The number of amides is 1. The van der Waals surface area contributed by atoms with Crippen molar-refractivity contribution in [3.05, 3.63) is 54.4 Å². The summed E-state index contributed by atoms with van der Waals surface area (Å²) in [6.07, 6.45) is 3.53. The lowest BCUT2D eigenvalue weighted by Gasteiger charge is -2.36. The number of piperazine rings is 1. The molecule has 1 aromatic carbocycles. The smallest absolute Gasteiger partial charge is 0.253 e. The monoisotopic (exact) mass is 416 g/mol. The van der Waals surface area contributed by atoms with Crippen LogP contribution in [0.15, 0.2) is 53.7 Å². The predicted octanol–water partition coefficient (Wildman–Crippen LogP) is 1.06. The zero-order valence-electron chi connectivity index (χ0n) is 16.1. The lowest BCUT2D eigenvalue weighted by molar-refractivity contribution is 0.0730. The number of anilines is 1. The Labute approximate surface area is 170 Å². The quantitative estimate of drug-likeness (QED) is 0.741. The van der Waals surface area contributed by atoms with Crippen LogP contribution >= 0.6 is 0 Å². The van der Waals surface area contributed by atoms with Gasteiger partial charge in [0.25, 0.3) is 5.91 Å². The lowest BCUT2D eigenvalue weighted by atomic mass is 10.2. The number of hydrogen-bond donors (Lipinski definition) is 0. The molecule has 1 aromatic heterocycles. The number of ether oxygens (including phenoxy) is 1. The molecule has 8 nitrogen and oxygen atoms in total. The van der Waals surface area contributed by atoms with Gasteiger partial charge in [0.1, 0.15) is 0 Å². The van der Waals surface area contributed by atoms with Crippen molar-refractivity contribution in [3.8, 4) is 0 Å². The second kappa shape index (κ2) is 8.48. The van der Waals surface area contributed by atoms with E-state index < -0.39 is 10.0 Å². The van der Waals surface area contributed by atoms with Gasteiger partial charge in [-0.15, -0.1) is 0 Å². The molecule has 0 saturated carbocycles. The van der Waals surface area contributed by atoms with Crippen LogP contribution in [0.25, 0.3) is 0 Å². The largest absolute Gasteiger partial charge is 0.379 e. The van der Waals surface area contributed by atoms with Gasteiger partial charge in [-0.25, -0.2) is 8.42 Å². The molecule has 0 spiro atoms. The van der Waals surface area contributed by atoms with E-state index in [1.165, 1.54) is 16.4 Å². The van der Waals surface area contributed by atoms with Crippen LogP contribution in [0.2, 0.25) is 0 Å². The topological polar surface area (TPSA) is 83.0 Å².